The van der Waals surface area contributed by atoms with E-state index < -0.39 is 0 Å². The van der Waals surface area contributed by atoms with Gasteiger partial charge in [0.2, 0.25) is 0 Å². The fourth-order valence-corrected chi connectivity index (χ4v) is 12.3. The zero-order chi connectivity index (χ0) is 41.7. The molecule has 0 fully saturated rings. The lowest BCUT2D eigenvalue weighted by Gasteiger charge is -2.35. The Bertz CT molecular complexity index is 2520. The van der Waals surface area contributed by atoms with Gasteiger partial charge in [0, 0.05) is 10.8 Å². The second-order valence-corrected chi connectivity index (χ2v) is 19.0. The van der Waals surface area contributed by atoms with E-state index in [0.717, 1.165) is 49.5 Å². The molecule has 4 aliphatic carbocycles. The van der Waals surface area contributed by atoms with E-state index in [-0.39, 0.29) is 10.8 Å². The maximum Gasteiger partial charge on any atom is 0.114 e. The highest BCUT2D eigenvalue weighted by molar-refractivity contribution is 6.37. The molecular formula is C60H56B2. The predicted molar refractivity (Wildman–Crippen MR) is 262 cm³/mol. The summed E-state index contributed by atoms with van der Waals surface area (Å²) >= 11 is 0. The molecule has 0 aromatic heterocycles. The molecule has 0 heterocycles. The van der Waals surface area contributed by atoms with Gasteiger partial charge in [0.05, 0.1) is 0 Å². The van der Waals surface area contributed by atoms with Crippen molar-refractivity contribution in [2.24, 2.45) is 0 Å². The second kappa shape index (κ2) is 16.4. The molecule has 11 rings (SSSR count). The highest BCUT2D eigenvalue weighted by atomic mass is 14.5. The number of aryl methyl sites for hydroxylation is 6. The number of unbranched alkanes of at least 4 members (excludes halogenated alkanes) is 6. The van der Waals surface area contributed by atoms with Crippen LogP contribution in [0.2, 0.25) is 0 Å². The molecule has 0 bridgehead atoms. The zero-order valence-corrected chi connectivity index (χ0v) is 36.3. The van der Waals surface area contributed by atoms with Gasteiger partial charge in [0.25, 0.3) is 0 Å². The Morgan fingerprint density at radius 1 is 0.339 bits per heavy atom. The summed E-state index contributed by atoms with van der Waals surface area (Å²) in [7, 11) is 13.5. The van der Waals surface area contributed by atoms with E-state index in [1.54, 1.807) is 11.1 Å². The summed E-state index contributed by atoms with van der Waals surface area (Å²) in [5.74, 6) is 0. The van der Waals surface area contributed by atoms with Crippen LogP contribution in [-0.4, -0.2) is 15.7 Å². The molecule has 7 aromatic carbocycles. The van der Waals surface area contributed by atoms with Crippen molar-refractivity contribution in [2.45, 2.75) is 114 Å². The molecule has 0 atom stereocenters. The van der Waals surface area contributed by atoms with Crippen LogP contribution in [0.1, 0.15) is 131 Å². The van der Waals surface area contributed by atoms with Crippen molar-refractivity contribution in [1.29, 1.82) is 0 Å². The molecule has 0 spiro atoms. The van der Waals surface area contributed by atoms with Gasteiger partial charge >= 0.3 is 0 Å². The summed E-state index contributed by atoms with van der Waals surface area (Å²) in [6, 6.07) is 55.8. The van der Waals surface area contributed by atoms with Crippen LogP contribution < -0.4 is 10.9 Å². The van der Waals surface area contributed by atoms with Crippen molar-refractivity contribution in [3.8, 4) is 22.3 Å². The lowest BCUT2D eigenvalue weighted by molar-refractivity contribution is 0.510. The van der Waals surface area contributed by atoms with Crippen LogP contribution in [0.15, 0.2) is 146 Å². The average molecular weight is 799 g/mol. The largest absolute Gasteiger partial charge is 0.114 e. The van der Waals surface area contributed by atoms with Crippen molar-refractivity contribution < 1.29 is 0 Å². The molecule has 0 saturated carbocycles. The minimum absolute atomic E-state index is 0.0915. The van der Waals surface area contributed by atoms with Gasteiger partial charge in [-0.2, -0.15) is 0 Å². The molecule has 0 amide bonds. The lowest BCUT2D eigenvalue weighted by Crippen LogP contribution is -2.28. The van der Waals surface area contributed by atoms with Crippen molar-refractivity contribution in [1.82, 2.24) is 0 Å². The third-order valence-electron chi connectivity index (χ3n) is 15.8. The minimum Gasteiger partial charge on any atom is -0.0933 e. The van der Waals surface area contributed by atoms with Gasteiger partial charge in [0.1, 0.15) is 15.7 Å². The Kier molecular flexibility index (Phi) is 10.5. The number of fused-ring (bicyclic) bond motifs is 8. The monoisotopic (exact) mass is 798 g/mol. The quantitative estimate of drug-likeness (QED) is 0.0675. The van der Waals surface area contributed by atoms with Gasteiger partial charge in [-0.1, -0.05) is 206 Å². The molecule has 4 aliphatic rings. The first-order valence-corrected chi connectivity index (χ1v) is 23.8. The van der Waals surface area contributed by atoms with Gasteiger partial charge in [-0.05, 0) is 142 Å². The van der Waals surface area contributed by atoms with Crippen molar-refractivity contribution >= 4 is 26.6 Å². The maximum atomic E-state index is 6.75. The first kappa shape index (κ1) is 39.5. The van der Waals surface area contributed by atoms with Crippen LogP contribution >= 0.6 is 0 Å². The minimum atomic E-state index is -0.0915. The Morgan fingerprint density at radius 2 is 0.677 bits per heavy atom. The van der Waals surface area contributed by atoms with Crippen LogP contribution in [0.5, 0.6) is 0 Å². The topological polar surface area (TPSA) is 0 Å². The standard InChI is InChI=1S/C60H56B2/c61-57-40-46(18-6-2-4-16-36-60(48-34-32-42-28-30-44(42)38-48)55-25-13-9-21-51(55)52-22-10-14-26-56(52)60)58(62)39-45(57)17-5-1-3-15-35-59(47-33-31-41-27-29-43(41)37-47)53-23-11-7-19-49(53)50-20-8-12-24-54(50)59/h7-14,19-26,31-34,37-40H,1-6,15-18,27-30,35-36H2. The third-order valence-corrected chi connectivity index (χ3v) is 15.8. The van der Waals surface area contributed by atoms with E-state index in [9.17, 15) is 0 Å². The molecule has 302 valence electrons. The van der Waals surface area contributed by atoms with E-state index in [2.05, 4.69) is 146 Å². The SMILES string of the molecule is [B]c1cc(CCCCCCC2(c3ccc4c(c3)CC4)c3ccccc3-c3ccccc32)c([B])cc1CCCCCCC1(c2ccc3c(c2)CC3)c2ccccc2-c2ccccc21. The molecule has 0 aliphatic heterocycles. The van der Waals surface area contributed by atoms with Crippen molar-refractivity contribution in [2.75, 3.05) is 0 Å². The summed E-state index contributed by atoms with van der Waals surface area (Å²) in [5, 5.41) is 0. The predicted octanol–water partition coefficient (Wildman–Crippen LogP) is 12.5. The highest BCUT2D eigenvalue weighted by Gasteiger charge is 2.45. The van der Waals surface area contributed by atoms with Crippen LogP contribution in [0.3, 0.4) is 0 Å². The Morgan fingerprint density at radius 3 is 1.02 bits per heavy atom. The molecule has 62 heavy (non-hydrogen) atoms. The second-order valence-electron chi connectivity index (χ2n) is 19.0. The van der Waals surface area contributed by atoms with Crippen molar-refractivity contribution in [3.63, 3.8) is 0 Å². The summed E-state index contributed by atoms with van der Waals surface area (Å²) in [6.45, 7) is 0. The van der Waals surface area contributed by atoms with Gasteiger partial charge in [-0.25, -0.2) is 0 Å². The number of hydrogen-bond donors (Lipinski definition) is 0. The summed E-state index contributed by atoms with van der Waals surface area (Å²) in [4.78, 5) is 0. The first-order chi connectivity index (χ1) is 30.5. The third kappa shape index (κ3) is 6.58. The summed E-state index contributed by atoms with van der Waals surface area (Å²) in [5.41, 5.74) is 24.7. The lowest BCUT2D eigenvalue weighted by atomic mass is 9.68. The van der Waals surface area contributed by atoms with Gasteiger partial charge in [-0.3, -0.25) is 0 Å². The van der Waals surface area contributed by atoms with Crippen LogP contribution in [0.25, 0.3) is 22.3 Å². The molecule has 4 radical (unpaired) electrons. The van der Waals surface area contributed by atoms with E-state index in [0.29, 0.717) is 0 Å². The maximum absolute atomic E-state index is 6.75. The first-order valence-electron chi connectivity index (χ1n) is 23.8. The normalized spacial score (nSPS) is 15.4. The Balaban J connectivity index is 0.698. The van der Waals surface area contributed by atoms with Gasteiger partial charge in [0.15, 0.2) is 0 Å². The summed E-state index contributed by atoms with van der Waals surface area (Å²) in [6.07, 6.45) is 18.5. The molecule has 2 heteroatoms. The number of hydrogen-bond acceptors (Lipinski definition) is 0. The molecule has 0 saturated heterocycles. The molecular weight excluding hydrogens is 742 g/mol. The van der Waals surface area contributed by atoms with Crippen LogP contribution in [-0.2, 0) is 49.4 Å². The summed E-state index contributed by atoms with van der Waals surface area (Å²) < 4.78 is 0. The zero-order valence-electron chi connectivity index (χ0n) is 36.3. The number of benzene rings is 7. The van der Waals surface area contributed by atoms with E-state index in [4.69, 9.17) is 15.7 Å². The van der Waals surface area contributed by atoms with Crippen molar-refractivity contribution in [3.05, 3.63) is 212 Å². The molecule has 0 nitrogen and oxygen atoms in total. The highest BCUT2D eigenvalue weighted by Crippen LogP contribution is 2.57. The Hall–Kier alpha value is -5.33. The van der Waals surface area contributed by atoms with E-state index in [1.807, 2.05) is 0 Å². The molecule has 0 N–H and O–H groups in total. The Labute approximate surface area is 373 Å². The molecule has 0 unspecified atom stereocenters. The van der Waals surface area contributed by atoms with E-state index in [1.165, 1.54) is 142 Å². The van der Waals surface area contributed by atoms with E-state index >= 15 is 0 Å². The van der Waals surface area contributed by atoms with Crippen LogP contribution in [0, 0.1) is 0 Å². The number of rotatable bonds is 16. The average Bonchev–Trinajstić information content (AvgIpc) is 3.73. The smallest absolute Gasteiger partial charge is 0.0933 e. The van der Waals surface area contributed by atoms with Gasteiger partial charge in [-0.15, -0.1) is 0 Å². The fourth-order valence-electron chi connectivity index (χ4n) is 12.3. The molecule has 7 aromatic rings. The fraction of sp³-hybridized carbons (Fsp3) is 0.300. The van der Waals surface area contributed by atoms with Crippen LogP contribution in [0.4, 0.5) is 0 Å². The van der Waals surface area contributed by atoms with Gasteiger partial charge < -0.3 is 0 Å².